The highest BCUT2D eigenvalue weighted by Gasteiger charge is 2.54. The highest BCUT2D eigenvalue weighted by atomic mass is 32.1. The van der Waals surface area contributed by atoms with Gasteiger partial charge in [-0.3, -0.25) is 24.1 Å². The molecular formula is C47H77N5O8S. The summed E-state index contributed by atoms with van der Waals surface area (Å²) < 4.78 is 12.0. The quantitative estimate of drug-likeness (QED) is 0.0742. The molecule has 4 amide bonds. The number of benzene rings is 1. The molecule has 14 heteroatoms. The summed E-state index contributed by atoms with van der Waals surface area (Å²) in [5.74, 6) is -1.42. The maximum absolute atomic E-state index is 14.6. The zero-order chi connectivity index (χ0) is 45.0. The van der Waals surface area contributed by atoms with Crippen LogP contribution >= 0.6 is 12.6 Å². The molecule has 12 atom stereocenters. The summed E-state index contributed by atoms with van der Waals surface area (Å²) in [6.45, 7) is 13.4. The molecule has 2 aliphatic heterocycles. The summed E-state index contributed by atoms with van der Waals surface area (Å²) in [6.07, 6.45) is 7.37. The van der Waals surface area contributed by atoms with E-state index >= 15 is 0 Å². The van der Waals surface area contributed by atoms with Gasteiger partial charge < -0.3 is 35.0 Å². The van der Waals surface area contributed by atoms with Crippen molar-refractivity contribution < 1.29 is 38.6 Å². The molecule has 0 unspecified atom stereocenters. The maximum Gasteiger partial charge on any atom is 0.326 e. The van der Waals surface area contributed by atoms with E-state index in [0.29, 0.717) is 31.3 Å². The Labute approximate surface area is 371 Å². The van der Waals surface area contributed by atoms with Gasteiger partial charge >= 0.3 is 5.97 Å². The zero-order valence-corrected chi connectivity index (χ0v) is 39.3. The van der Waals surface area contributed by atoms with Gasteiger partial charge in [-0.2, -0.15) is 12.6 Å². The fourth-order valence-electron chi connectivity index (χ4n) is 10.6. The largest absolute Gasteiger partial charge is 0.480 e. The van der Waals surface area contributed by atoms with E-state index in [2.05, 4.69) is 48.9 Å². The van der Waals surface area contributed by atoms with Crippen LogP contribution < -0.4 is 10.6 Å². The molecule has 2 bridgehead atoms. The third-order valence-electron chi connectivity index (χ3n) is 14.2. The van der Waals surface area contributed by atoms with E-state index in [1.165, 1.54) is 7.11 Å². The average molecular weight is 872 g/mol. The number of unbranched alkanes of at least 4 members (excludes halogenated alkanes) is 3. The molecule has 4 rings (SSSR count). The van der Waals surface area contributed by atoms with E-state index in [1.807, 2.05) is 44.2 Å². The first-order chi connectivity index (χ1) is 29.1. The second-order valence-electron chi connectivity index (χ2n) is 18.4. The van der Waals surface area contributed by atoms with Crippen molar-refractivity contribution >= 4 is 42.2 Å². The number of methoxy groups -OCH3 is 2. The lowest BCUT2D eigenvalue weighted by molar-refractivity contribution is -0.148. The smallest absolute Gasteiger partial charge is 0.326 e. The molecular weight excluding hydrogens is 795 g/mol. The van der Waals surface area contributed by atoms with E-state index in [4.69, 9.17) is 9.47 Å². The van der Waals surface area contributed by atoms with Crippen molar-refractivity contribution in [2.45, 2.75) is 161 Å². The molecule has 2 heterocycles. The van der Waals surface area contributed by atoms with Crippen LogP contribution in [0.3, 0.4) is 0 Å². The molecule has 3 fully saturated rings. The molecule has 3 aliphatic rings. The first kappa shape index (κ1) is 50.4. The first-order valence-corrected chi connectivity index (χ1v) is 23.6. The van der Waals surface area contributed by atoms with Crippen LogP contribution in [0.5, 0.6) is 0 Å². The molecule has 1 aromatic carbocycles. The van der Waals surface area contributed by atoms with Crippen LogP contribution in [0.15, 0.2) is 30.3 Å². The average Bonchev–Trinajstić information content (AvgIpc) is 3.95. The van der Waals surface area contributed by atoms with Crippen molar-refractivity contribution in [2.75, 3.05) is 40.1 Å². The topological polar surface area (TPSA) is 158 Å². The van der Waals surface area contributed by atoms with Crippen molar-refractivity contribution in [2.24, 2.45) is 29.6 Å². The van der Waals surface area contributed by atoms with Gasteiger partial charge in [0.25, 0.3) is 0 Å². The van der Waals surface area contributed by atoms with Crippen LogP contribution in [0.25, 0.3) is 0 Å². The number of rotatable bonds is 25. The van der Waals surface area contributed by atoms with Gasteiger partial charge in [0.05, 0.1) is 42.7 Å². The summed E-state index contributed by atoms with van der Waals surface area (Å²) in [5.41, 5.74) is 0.789. The van der Waals surface area contributed by atoms with Crippen LogP contribution in [0, 0.1) is 29.6 Å². The van der Waals surface area contributed by atoms with E-state index in [9.17, 15) is 29.1 Å². The second-order valence-corrected chi connectivity index (χ2v) is 18.8. The number of hydrogen-bond donors (Lipinski definition) is 4. The lowest BCUT2D eigenvalue weighted by Crippen LogP contribution is -2.60. The van der Waals surface area contributed by atoms with Gasteiger partial charge in [0, 0.05) is 40.3 Å². The minimum Gasteiger partial charge on any atom is -0.480 e. The van der Waals surface area contributed by atoms with Crippen molar-refractivity contribution in [1.29, 1.82) is 0 Å². The summed E-state index contributed by atoms with van der Waals surface area (Å²) in [7, 11) is 4.84. The Morgan fingerprint density at radius 3 is 2.25 bits per heavy atom. The first-order valence-electron chi connectivity index (χ1n) is 23.0. The highest BCUT2D eigenvalue weighted by molar-refractivity contribution is 7.80. The standard InChI is InChI=1S/C47H77N5O8S/c1-10-30(4)41(50(7)46(56)40(29(2)3)49-45(55)42-34-22-23-36(31(34)5)52(42)24-16-11-12-17-26-61)38(59-8)28-39(53)51-25-18-21-37(51)43(60-9)32(6)44(54)48-35(47(57)58)27-33-19-14-13-15-20-33/h13-15,19-20,29-32,34-38,40-43,61H,10-12,16-18,21-28H2,1-9H3,(H,48,54)(H,49,55)(H,57,58)/t30-,31-,32+,34-,35-,36-,37-,38+,40-,41-,42-,43+/m0/s1. The fraction of sp³-hybridized carbons (Fsp3) is 0.766. The summed E-state index contributed by atoms with van der Waals surface area (Å²) in [4.78, 5) is 74.9. The molecule has 3 N–H and O–H groups in total. The number of nitrogens with one attached hydrogen (secondary N) is 2. The predicted molar refractivity (Wildman–Crippen MR) is 241 cm³/mol. The Morgan fingerprint density at radius 1 is 0.951 bits per heavy atom. The SMILES string of the molecule is CC[C@H](C)[C@@H]([C@@H](CC(=O)N1CCC[C@H]1[C@H](OC)[C@@H](C)C(=O)N[C@@H](Cc1ccccc1)C(=O)O)OC)N(C)C(=O)[C@@H](NC(=O)[C@@H]1[C@H]2CC[C@@H]([C@H]2C)N1CCCCCCS)C(C)C. The van der Waals surface area contributed by atoms with Crippen molar-refractivity contribution in [3.05, 3.63) is 35.9 Å². The number of hydrogen-bond acceptors (Lipinski definition) is 9. The van der Waals surface area contributed by atoms with Gasteiger partial charge in [-0.25, -0.2) is 4.79 Å². The van der Waals surface area contributed by atoms with Crippen molar-refractivity contribution in [3.8, 4) is 0 Å². The summed E-state index contributed by atoms with van der Waals surface area (Å²) in [6, 6.07) is 6.51. The molecule has 61 heavy (non-hydrogen) atoms. The molecule has 344 valence electrons. The molecule has 1 aliphatic carbocycles. The maximum atomic E-state index is 14.6. The normalized spacial score (nSPS) is 24.8. The number of carboxylic acids is 1. The van der Waals surface area contributed by atoms with Crippen LogP contribution in [-0.4, -0.2) is 138 Å². The Hall–Kier alpha value is -3.20. The van der Waals surface area contributed by atoms with Gasteiger partial charge in [0.1, 0.15) is 12.1 Å². The third-order valence-corrected chi connectivity index (χ3v) is 14.6. The van der Waals surface area contributed by atoms with Gasteiger partial charge in [0.2, 0.25) is 23.6 Å². The van der Waals surface area contributed by atoms with Crippen molar-refractivity contribution in [3.63, 3.8) is 0 Å². The van der Waals surface area contributed by atoms with Gasteiger partial charge in [0.15, 0.2) is 0 Å². The van der Waals surface area contributed by atoms with Crippen LogP contribution in [0.4, 0.5) is 0 Å². The number of carboxylic acid groups (broad SMARTS) is 1. The Kier molecular flexibility index (Phi) is 19.9. The molecule has 1 aromatic rings. The number of carbonyl (C=O) groups excluding carboxylic acids is 4. The lowest BCUT2D eigenvalue weighted by atomic mass is 9.89. The summed E-state index contributed by atoms with van der Waals surface area (Å²) >= 11 is 4.36. The Balaban J connectivity index is 1.46. The number of carbonyl (C=O) groups is 5. The third kappa shape index (κ3) is 12.5. The van der Waals surface area contributed by atoms with E-state index in [0.717, 1.165) is 62.8 Å². The number of nitrogens with zero attached hydrogens (tertiary/aromatic N) is 3. The van der Waals surface area contributed by atoms with Gasteiger partial charge in [-0.05, 0) is 80.1 Å². The zero-order valence-electron chi connectivity index (χ0n) is 38.4. The molecule has 0 spiro atoms. The number of piperidine rings is 1. The second kappa shape index (κ2) is 24.0. The number of fused-ring (bicyclic) bond motifs is 2. The summed E-state index contributed by atoms with van der Waals surface area (Å²) in [5, 5.41) is 15.9. The minimum absolute atomic E-state index is 0.000505. The van der Waals surface area contributed by atoms with Crippen LogP contribution in [0.1, 0.15) is 111 Å². The minimum atomic E-state index is -1.13. The lowest BCUT2D eigenvalue weighted by Gasteiger charge is -2.41. The predicted octanol–water partition coefficient (Wildman–Crippen LogP) is 5.45. The number of aliphatic carboxylic acids is 1. The molecule has 2 saturated heterocycles. The monoisotopic (exact) mass is 872 g/mol. The van der Waals surface area contributed by atoms with Crippen molar-refractivity contribution in [1.82, 2.24) is 25.3 Å². The van der Waals surface area contributed by atoms with E-state index < -0.39 is 54.2 Å². The van der Waals surface area contributed by atoms with Crippen LogP contribution in [-0.2, 0) is 39.9 Å². The van der Waals surface area contributed by atoms with E-state index in [1.54, 1.807) is 30.9 Å². The fourth-order valence-corrected chi connectivity index (χ4v) is 10.8. The Bertz CT molecular complexity index is 1580. The Morgan fingerprint density at radius 2 is 1.64 bits per heavy atom. The molecule has 0 radical (unpaired) electrons. The number of thiol groups is 1. The number of likely N-dealkylation sites (tertiary alicyclic amines) is 2. The van der Waals surface area contributed by atoms with E-state index in [-0.39, 0.29) is 54.4 Å². The number of likely N-dealkylation sites (N-methyl/N-ethyl adjacent to an activating group) is 1. The molecule has 1 saturated carbocycles. The molecule has 0 aromatic heterocycles. The van der Waals surface area contributed by atoms with Crippen LogP contribution in [0.2, 0.25) is 0 Å². The molecule has 13 nitrogen and oxygen atoms in total. The van der Waals surface area contributed by atoms with Gasteiger partial charge in [-0.1, -0.05) is 91.1 Å². The number of amides is 4. The number of ether oxygens (including phenoxy) is 2. The highest BCUT2D eigenvalue weighted by Crippen LogP contribution is 2.47. The van der Waals surface area contributed by atoms with Gasteiger partial charge in [-0.15, -0.1) is 0 Å².